The number of nitrogens with zero attached hydrogens (tertiary/aromatic N) is 1. The molecule has 0 saturated carbocycles. The number of hydrogen-bond acceptors (Lipinski definition) is 4. The van der Waals surface area contributed by atoms with Gasteiger partial charge in [0.05, 0.1) is 0 Å². The smallest absolute Gasteiger partial charge is 0.410 e. The molecule has 6 heteroatoms. The van der Waals surface area contributed by atoms with Crippen molar-refractivity contribution in [3.8, 4) is 0 Å². The fourth-order valence-corrected chi connectivity index (χ4v) is 4.15. The van der Waals surface area contributed by atoms with Crippen molar-refractivity contribution in [1.29, 1.82) is 0 Å². The number of carboxylic acids is 1. The van der Waals surface area contributed by atoms with Crippen LogP contribution in [0.4, 0.5) is 4.79 Å². The first-order chi connectivity index (χ1) is 12.6. The van der Waals surface area contributed by atoms with Crippen LogP contribution in [0.25, 0.3) is 0 Å². The van der Waals surface area contributed by atoms with Gasteiger partial charge in [0.25, 0.3) is 0 Å². The summed E-state index contributed by atoms with van der Waals surface area (Å²) in [6.45, 7) is 0.534. The van der Waals surface area contributed by atoms with Gasteiger partial charge in [-0.25, -0.2) is 9.59 Å². The molecule has 2 aromatic carbocycles. The fraction of sp³-hybridized carbons (Fsp3) is 0.300. The Hall–Kier alpha value is -2.47. The molecule has 2 aromatic rings. The molecule has 3 rings (SSSR count). The molecule has 2 atom stereocenters. The van der Waals surface area contributed by atoms with E-state index in [9.17, 15) is 14.7 Å². The summed E-state index contributed by atoms with van der Waals surface area (Å²) < 4.78 is 5.32. The van der Waals surface area contributed by atoms with E-state index >= 15 is 0 Å². The summed E-state index contributed by atoms with van der Waals surface area (Å²) in [6.07, 6.45) is -0.128. The van der Waals surface area contributed by atoms with E-state index in [-0.39, 0.29) is 11.9 Å². The zero-order chi connectivity index (χ0) is 18.4. The first-order valence-electron chi connectivity index (χ1n) is 8.49. The van der Waals surface area contributed by atoms with E-state index in [2.05, 4.69) is 0 Å². The topological polar surface area (TPSA) is 66.8 Å². The fourth-order valence-electron chi connectivity index (χ4n) is 2.94. The number of aliphatic carboxylic acids is 1. The molecule has 1 fully saturated rings. The quantitative estimate of drug-likeness (QED) is 0.837. The molecule has 0 bridgehead atoms. The Bertz CT molecular complexity index is 738. The predicted octanol–water partition coefficient (Wildman–Crippen LogP) is 3.78. The van der Waals surface area contributed by atoms with Crippen molar-refractivity contribution >= 4 is 23.8 Å². The number of carboxylic acid groups (broad SMARTS) is 1. The summed E-state index contributed by atoms with van der Waals surface area (Å²) in [4.78, 5) is 25.3. The Kier molecular flexibility index (Phi) is 6.17. The van der Waals surface area contributed by atoms with Crippen molar-refractivity contribution in [3.63, 3.8) is 0 Å². The number of thioether (sulfide) groups is 1. The number of ether oxygens (including phenoxy) is 1. The highest BCUT2D eigenvalue weighted by atomic mass is 32.2. The molecule has 1 amide bonds. The minimum Gasteiger partial charge on any atom is -0.480 e. The molecule has 1 aliphatic rings. The Balaban J connectivity index is 1.56. The van der Waals surface area contributed by atoms with Gasteiger partial charge in [0, 0.05) is 17.5 Å². The number of rotatable bonds is 6. The lowest BCUT2D eigenvalue weighted by atomic mass is 10.2. The monoisotopic (exact) mass is 371 g/mol. The molecule has 1 aliphatic heterocycles. The molecular formula is C20H21NO4S. The maximum Gasteiger partial charge on any atom is 0.410 e. The number of amides is 1. The van der Waals surface area contributed by atoms with Gasteiger partial charge < -0.3 is 9.84 Å². The lowest BCUT2D eigenvalue weighted by Crippen LogP contribution is -2.40. The Morgan fingerprint density at radius 2 is 1.65 bits per heavy atom. The van der Waals surface area contributed by atoms with E-state index < -0.39 is 18.1 Å². The maximum absolute atomic E-state index is 12.4. The molecule has 5 nitrogen and oxygen atoms in total. The Morgan fingerprint density at radius 1 is 1.04 bits per heavy atom. The zero-order valence-electron chi connectivity index (χ0n) is 14.3. The highest BCUT2D eigenvalue weighted by Crippen LogP contribution is 2.30. The third kappa shape index (κ3) is 4.79. The summed E-state index contributed by atoms with van der Waals surface area (Å²) >= 11 is 1.68. The van der Waals surface area contributed by atoms with Gasteiger partial charge in [0.15, 0.2) is 0 Å². The van der Waals surface area contributed by atoms with Crippen LogP contribution in [0.5, 0.6) is 0 Å². The van der Waals surface area contributed by atoms with Crippen LogP contribution in [0, 0.1) is 0 Å². The minimum atomic E-state index is -0.982. The highest BCUT2D eigenvalue weighted by molar-refractivity contribution is 7.99. The van der Waals surface area contributed by atoms with Gasteiger partial charge >= 0.3 is 12.1 Å². The van der Waals surface area contributed by atoms with E-state index in [1.165, 1.54) is 10.5 Å². The average molecular weight is 371 g/mol. The second-order valence-electron chi connectivity index (χ2n) is 6.20. The van der Waals surface area contributed by atoms with Gasteiger partial charge in [-0.3, -0.25) is 4.90 Å². The van der Waals surface area contributed by atoms with E-state index in [0.29, 0.717) is 13.0 Å². The van der Waals surface area contributed by atoms with E-state index in [1.807, 2.05) is 60.7 Å². The molecule has 0 aromatic heterocycles. The van der Waals surface area contributed by atoms with Crippen LogP contribution >= 0.6 is 11.8 Å². The number of carbonyl (C=O) groups is 2. The van der Waals surface area contributed by atoms with Gasteiger partial charge in [-0.1, -0.05) is 60.7 Å². The molecule has 0 unspecified atom stereocenters. The van der Waals surface area contributed by atoms with Gasteiger partial charge in [0.2, 0.25) is 0 Å². The van der Waals surface area contributed by atoms with Crippen LogP contribution < -0.4 is 0 Å². The molecular weight excluding hydrogens is 350 g/mol. The summed E-state index contributed by atoms with van der Waals surface area (Å²) in [7, 11) is 0. The maximum atomic E-state index is 12.4. The molecule has 136 valence electrons. The number of likely N-dealkylation sites (tertiary alicyclic amines) is 1. The van der Waals surface area contributed by atoms with Crippen molar-refractivity contribution in [2.45, 2.75) is 30.1 Å². The van der Waals surface area contributed by atoms with Crippen molar-refractivity contribution in [2.24, 2.45) is 0 Å². The molecule has 26 heavy (non-hydrogen) atoms. The third-order valence-corrected chi connectivity index (χ3v) is 5.63. The lowest BCUT2D eigenvalue weighted by Gasteiger charge is -2.20. The van der Waals surface area contributed by atoms with Crippen LogP contribution in [0.15, 0.2) is 60.7 Å². The van der Waals surface area contributed by atoms with Crippen molar-refractivity contribution < 1.29 is 19.4 Å². The van der Waals surface area contributed by atoms with Crippen molar-refractivity contribution in [3.05, 3.63) is 71.8 Å². The summed E-state index contributed by atoms with van der Waals surface area (Å²) in [6, 6.07) is 18.6. The van der Waals surface area contributed by atoms with Crippen LogP contribution in [0.2, 0.25) is 0 Å². The van der Waals surface area contributed by atoms with E-state index in [4.69, 9.17) is 4.74 Å². The zero-order valence-corrected chi connectivity index (χ0v) is 15.1. The molecule has 1 heterocycles. The van der Waals surface area contributed by atoms with Crippen molar-refractivity contribution in [1.82, 2.24) is 4.90 Å². The van der Waals surface area contributed by atoms with E-state index in [1.54, 1.807) is 11.8 Å². The summed E-state index contributed by atoms with van der Waals surface area (Å²) in [5.41, 5.74) is 2.07. The molecule has 0 aliphatic carbocycles. The first-order valence-corrected chi connectivity index (χ1v) is 9.54. The number of benzene rings is 2. The second-order valence-corrected chi connectivity index (χ2v) is 7.49. The van der Waals surface area contributed by atoms with E-state index in [0.717, 1.165) is 11.3 Å². The Morgan fingerprint density at radius 3 is 2.27 bits per heavy atom. The standard InChI is InChI=1S/C20H21NO4S/c22-19(23)18-11-17(26-14-16-9-5-2-6-10-16)12-21(18)20(24)25-13-15-7-3-1-4-8-15/h1-10,17-18H,11-14H2,(H,22,23)/t17-,18-/m0/s1. The number of hydrogen-bond donors (Lipinski definition) is 1. The van der Waals surface area contributed by atoms with Gasteiger partial charge in [-0.2, -0.15) is 11.8 Å². The van der Waals surface area contributed by atoms with Crippen LogP contribution in [-0.4, -0.2) is 39.9 Å². The van der Waals surface area contributed by atoms with Crippen LogP contribution in [0.3, 0.4) is 0 Å². The molecule has 0 spiro atoms. The van der Waals surface area contributed by atoms with Gasteiger partial charge in [-0.05, 0) is 17.5 Å². The normalized spacial score (nSPS) is 19.3. The molecule has 1 saturated heterocycles. The third-order valence-electron chi connectivity index (χ3n) is 4.32. The molecule has 1 N–H and O–H groups in total. The first kappa shape index (κ1) is 18.3. The van der Waals surface area contributed by atoms with Crippen molar-refractivity contribution in [2.75, 3.05) is 6.54 Å². The second kappa shape index (κ2) is 8.76. The van der Waals surface area contributed by atoms with Crippen LogP contribution in [-0.2, 0) is 21.9 Å². The Labute approximate surface area is 157 Å². The highest BCUT2D eigenvalue weighted by Gasteiger charge is 2.40. The SMILES string of the molecule is O=C(O)[C@@H]1C[C@H](SCc2ccccc2)CN1C(=O)OCc1ccccc1. The van der Waals surface area contributed by atoms with Crippen LogP contribution in [0.1, 0.15) is 17.5 Å². The molecule has 0 radical (unpaired) electrons. The summed E-state index contributed by atoms with van der Waals surface area (Å²) in [5, 5.41) is 9.55. The number of carbonyl (C=O) groups excluding carboxylic acids is 1. The van der Waals surface area contributed by atoms with Gasteiger partial charge in [-0.15, -0.1) is 0 Å². The predicted molar refractivity (Wildman–Crippen MR) is 101 cm³/mol. The van der Waals surface area contributed by atoms with Gasteiger partial charge in [0.1, 0.15) is 12.6 Å². The largest absolute Gasteiger partial charge is 0.480 e. The minimum absolute atomic E-state index is 0.0839. The summed E-state index contributed by atoms with van der Waals surface area (Å²) in [5.74, 6) is -0.186. The lowest BCUT2D eigenvalue weighted by molar-refractivity contribution is -0.141. The average Bonchev–Trinajstić information content (AvgIpc) is 3.11.